The molecule has 1 N–H and O–H groups in total. The van der Waals surface area contributed by atoms with Crippen LogP contribution in [0.4, 0.5) is 5.82 Å². The van der Waals surface area contributed by atoms with Crippen molar-refractivity contribution in [2.24, 2.45) is 5.92 Å². The molecule has 2 aliphatic rings. The molecule has 1 saturated heterocycles. The van der Waals surface area contributed by atoms with Gasteiger partial charge in [0.15, 0.2) is 0 Å². The number of nitrogens with zero attached hydrogens (tertiary/aromatic N) is 2. The standard InChI is InChI=1S/C15H21N3O/c1-15(2)7-8-18(15)14(19)12-5-6-13(17-10-12)16-9-11-3-4-11/h5-6,10-11H,3-4,7-9H2,1-2H3,(H,16,17). The molecule has 102 valence electrons. The number of carbonyl (C=O) groups is 1. The summed E-state index contributed by atoms with van der Waals surface area (Å²) < 4.78 is 0. The summed E-state index contributed by atoms with van der Waals surface area (Å²) in [6.45, 7) is 6.06. The minimum atomic E-state index is -0.0000218. The van der Waals surface area contributed by atoms with Gasteiger partial charge in [-0.3, -0.25) is 4.79 Å². The first-order valence-corrected chi connectivity index (χ1v) is 7.08. The first-order chi connectivity index (χ1) is 9.06. The van der Waals surface area contributed by atoms with E-state index >= 15 is 0 Å². The molecule has 0 radical (unpaired) electrons. The molecule has 1 saturated carbocycles. The van der Waals surface area contributed by atoms with Crippen molar-refractivity contribution in [1.29, 1.82) is 0 Å². The predicted octanol–water partition coefficient (Wildman–Crippen LogP) is 2.53. The van der Waals surface area contributed by atoms with Crippen LogP contribution in [-0.2, 0) is 0 Å². The van der Waals surface area contributed by atoms with Crippen LogP contribution in [0.3, 0.4) is 0 Å². The van der Waals surface area contributed by atoms with Gasteiger partial charge in [0.2, 0.25) is 0 Å². The van der Waals surface area contributed by atoms with E-state index in [1.165, 1.54) is 12.8 Å². The van der Waals surface area contributed by atoms with Gasteiger partial charge in [-0.1, -0.05) is 0 Å². The van der Waals surface area contributed by atoms with Crippen molar-refractivity contribution in [3.8, 4) is 0 Å². The molecule has 0 atom stereocenters. The van der Waals surface area contributed by atoms with Gasteiger partial charge in [0, 0.05) is 24.8 Å². The number of amides is 1. The first-order valence-electron chi connectivity index (χ1n) is 7.08. The van der Waals surface area contributed by atoms with Crippen molar-refractivity contribution < 1.29 is 4.79 Å². The maximum Gasteiger partial charge on any atom is 0.255 e. The predicted molar refractivity (Wildman–Crippen MR) is 75.2 cm³/mol. The van der Waals surface area contributed by atoms with Crippen LogP contribution in [0.25, 0.3) is 0 Å². The van der Waals surface area contributed by atoms with Crippen molar-refractivity contribution >= 4 is 11.7 Å². The smallest absolute Gasteiger partial charge is 0.255 e. The second-order valence-corrected chi connectivity index (χ2v) is 6.28. The highest BCUT2D eigenvalue weighted by molar-refractivity contribution is 5.95. The fourth-order valence-corrected chi connectivity index (χ4v) is 2.40. The van der Waals surface area contributed by atoms with E-state index in [4.69, 9.17) is 0 Å². The number of aromatic nitrogens is 1. The molecule has 4 nitrogen and oxygen atoms in total. The normalized spacial score (nSPS) is 20.8. The summed E-state index contributed by atoms with van der Waals surface area (Å²) in [5, 5.41) is 3.31. The molecule has 3 rings (SSSR count). The molecular formula is C15H21N3O. The summed E-state index contributed by atoms with van der Waals surface area (Å²) in [4.78, 5) is 18.5. The zero-order chi connectivity index (χ0) is 13.5. The molecule has 2 fully saturated rings. The summed E-state index contributed by atoms with van der Waals surface area (Å²) in [5.74, 6) is 1.79. The zero-order valence-electron chi connectivity index (χ0n) is 11.6. The number of hydrogen-bond acceptors (Lipinski definition) is 3. The number of nitrogens with one attached hydrogen (secondary N) is 1. The van der Waals surface area contributed by atoms with Crippen molar-refractivity contribution in [2.45, 2.75) is 38.6 Å². The van der Waals surface area contributed by atoms with Crippen LogP contribution in [0.5, 0.6) is 0 Å². The van der Waals surface area contributed by atoms with Gasteiger partial charge in [-0.15, -0.1) is 0 Å². The fourth-order valence-electron chi connectivity index (χ4n) is 2.40. The van der Waals surface area contributed by atoms with E-state index in [-0.39, 0.29) is 11.4 Å². The molecule has 19 heavy (non-hydrogen) atoms. The Balaban J connectivity index is 1.63. The van der Waals surface area contributed by atoms with Crippen LogP contribution in [-0.4, -0.2) is 34.4 Å². The van der Waals surface area contributed by atoms with Crippen molar-refractivity contribution in [1.82, 2.24) is 9.88 Å². The Kier molecular flexibility index (Phi) is 2.96. The zero-order valence-corrected chi connectivity index (χ0v) is 11.6. The third-order valence-corrected chi connectivity index (χ3v) is 4.20. The minimum absolute atomic E-state index is 0.0000218. The maximum atomic E-state index is 12.3. The number of rotatable bonds is 4. The van der Waals surface area contributed by atoms with E-state index in [0.717, 1.165) is 31.2 Å². The Hall–Kier alpha value is -1.58. The molecule has 1 aliphatic heterocycles. The van der Waals surface area contributed by atoms with Gasteiger partial charge in [-0.05, 0) is 51.2 Å². The Bertz CT molecular complexity index is 477. The van der Waals surface area contributed by atoms with Crippen LogP contribution < -0.4 is 5.32 Å². The van der Waals surface area contributed by atoms with Crippen LogP contribution in [0, 0.1) is 5.92 Å². The number of anilines is 1. The lowest BCUT2D eigenvalue weighted by molar-refractivity contribution is 0.0157. The number of carbonyl (C=O) groups excluding carboxylic acids is 1. The molecule has 1 aromatic heterocycles. The summed E-state index contributed by atoms with van der Waals surface area (Å²) in [5.41, 5.74) is 0.685. The summed E-state index contributed by atoms with van der Waals surface area (Å²) >= 11 is 0. The van der Waals surface area contributed by atoms with Crippen molar-refractivity contribution in [2.75, 3.05) is 18.4 Å². The van der Waals surface area contributed by atoms with E-state index in [1.54, 1.807) is 6.20 Å². The molecule has 0 aromatic carbocycles. The van der Waals surface area contributed by atoms with Gasteiger partial charge in [0.25, 0.3) is 5.91 Å². The number of pyridine rings is 1. The third kappa shape index (κ3) is 2.57. The fraction of sp³-hybridized carbons (Fsp3) is 0.600. The Morgan fingerprint density at radius 2 is 2.26 bits per heavy atom. The van der Waals surface area contributed by atoms with Gasteiger partial charge < -0.3 is 10.2 Å². The van der Waals surface area contributed by atoms with Crippen LogP contribution in [0.2, 0.25) is 0 Å². The molecule has 4 heteroatoms. The lowest BCUT2D eigenvalue weighted by Gasteiger charge is -2.48. The van der Waals surface area contributed by atoms with E-state index in [1.807, 2.05) is 17.0 Å². The SMILES string of the molecule is CC1(C)CCN1C(=O)c1ccc(NCC2CC2)nc1. The lowest BCUT2D eigenvalue weighted by atomic mass is 9.88. The van der Waals surface area contributed by atoms with E-state index < -0.39 is 0 Å². The molecular weight excluding hydrogens is 238 g/mol. The summed E-state index contributed by atoms with van der Waals surface area (Å²) in [7, 11) is 0. The van der Waals surface area contributed by atoms with E-state index in [9.17, 15) is 4.79 Å². The number of likely N-dealkylation sites (tertiary alicyclic amines) is 1. The highest BCUT2D eigenvalue weighted by Crippen LogP contribution is 2.31. The Morgan fingerprint density at radius 3 is 2.74 bits per heavy atom. The Morgan fingerprint density at radius 1 is 1.47 bits per heavy atom. The van der Waals surface area contributed by atoms with Crippen molar-refractivity contribution in [3.63, 3.8) is 0 Å². The maximum absolute atomic E-state index is 12.3. The summed E-state index contributed by atoms with van der Waals surface area (Å²) in [6, 6.07) is 3.78. The first kappa shape index (κ1) is 12.5. The number of hydrogen-bond donors (Lipinski definition) is 1. The van der Waals surface area contributed by atoms with Gasteiger partial charge in [-0.2, -0.15) is 0 Å². The average Bonchev–Trinajstić information content (AvgIpc) is 3.20. The van der Waals surface area contributed by atoms with Gasteiger partial charge >= 0.3 is 0 Å². The molecule has 1 aromatic rings. The van der Waals surface area contributed by atoms with Gasteiger partial charge in [0.05, 0.1) is 5.56 Å². The molecule has 0 spiro atoms. The highest BCUT2D eigenvalue weighted by atomic mass is 16.2. The average molecular weight is 259 g/mol. The second kappa shape index (κ2) is 4.51. The van der Waals surface area contributed by atoms with Crippen LogP contribution in [0.1, 0.15) is 43.5 Å². The second-order valence-electron chi connectivity index (χ2n) is 6.28. The van der Waals surface area contributed by atoms with Crippen molar-refractivity contribution in [3.05, 3.63) is 23.9 Å². The quantitative estimate of drug-likeness (QED) is 0.903. The molecule has 0 unspecified atom stereocenters. The van der Waals surface area contributed by atoms with Crippen LogP contribution in [0.15, 0.2) is 18.3 Å². The monoisotopic (exact) mass is 259 g/mol. The van der Waals surface area contributed by atoms with Gasteiger partial charge in [0.1, 0.15) is 5.82 Å². The molecule has 0 bridgehead atoms. The topological polar surface area (TPSA) is 45.2 Å². The molecule has 2 heterocycles. The minimum Gasteiger partial charge on any atom is -0.370 e. The Labute approximate surface area is 114 Å². The van der Waals surface area contributed by atoms with Crippen LogP contribution >= 0.6 is 0 Å². The highest BCUT2D eigenvalue weighted by Gasteiger charge is 2.39. The molecule has 1 aliphatic carbocycles. The lowest BCUT2D eigenvalue weighted by Crippen LogP contribution is -2.58. The third-order valence-electron chi connectivity index (χ3n) is 4.20. The molecule has 1 amide bonds. The van der Waals surface area contributed by atoms with Gasteiger partial charge in [-0.25, -0.2) is 4.98 Å². The summed E-state index contributed by atoms with van der Waals surface area (Å²) in [6.07, 6.45) is 5.42. The van der Waals surface area contributed by atoms with E-state index in [2.05, 4.69) is 24.1 Å². The van der Waals surface area contributed by atoms with E-state index in [0.29, 0.717) is 5.56 Å². The largest absolute Gasteiger partial charge is 0.370 e.